The fourth-order valence-electron chi connectivity index (χ4n) is 1.04. The average molecular weight is 242 g/mol. The summed E-state index contributed by atoms with van der Waals surface area (Å²) in [4.78, 5) is 11.4. The van der Waals surface area contributed by atoms with Crippen molar-refractivity contribution in [3.63, 3.8) is 0 Å². The molecule has 0 bridgehead atoms. The minimum atomic E-state index is -0.144. The second-order valence-electron chi connectivity index (χ2n) is 4.89. The third kappa shape index (κ3) is 3.86. The lowest BCUT2D eigenvalue weighted by Gasteiger charge is -2.12. The normalized spacial score (nSPS) is 13.6. The van der Waals surface area contributed by atoms with Crippen LogP contribution in [0.2, 0.25) is 0 Å². The minimum absolute atomic E-state index is 0.0399. The van der Waals surface area contributed by atoms with E-state index >= 15 is 0 Å². The van der Waals surface area contributed by atoms with Crippen molar-refractivity contribution >= 4 is 22.4 Å². The number of hydrogen-bond donors (Lipinski definition) is 2. The Bertz CT molecular complexity index is 367. The van der Waals surface area contributed by atoms with E-state index in [1.807, 2.05) is 0 Å². The van der Waals surface area contributed by atoms with Gasteiger partial charge in [-0.25, -0.2) is 0 Å². The highest BCUT2D eigenvalue weighted by atomic mass is 32.1. The molecular weight excluding hydrogens is 224 g/mol. The smallest absolute Gasteiger partial charge is 0.227 e. The van der Waals surface area contributed by atoms with Gasteiger partial charge in [-0.3, -0.25) is 4.79 Å². The number of rotatable bonds is 3. The van der Waals surface area contributed by atoms with Crippen LogP contribution in [0.15, 0.2) is 0 Å². The zero-order valence-corrected chi connectivity index (χ0v) is 10.9. The highest BCUT2D eigenvalue weighted by Crippen LogP contribution is 2.27. The molecule has 6 heteroatoms. The zero-order valence-electron chi connectivity index (χ0n) is 10.1. The Labute approximate surface area is 99.5 Å². The maximum absolute atomic E-state index is 11.4. The average Bonchev–Trinajstić information content (AvgIpc) is 2.49. The van der Waals surface area contributed by atoms with Crippen LogP contribution in [-0.2, 0) is 10.2 Å². The summed E-state index contributed by atoms with van der Waals surface area (Å²) in [6, 6.07) is -0.144. The van der Waals surface area contributed by atoms with Gasteiger partial charge in [0.25, 0.3) is 0 Å². The van der Waals surface area contributed by atoms with E-state index < -0.39 is 0 Å². The molecule has 0 saturated carbocycles. The molecule has 3 N–H and O–H groups in total. The summed E-state index contributed by atoms with van der Waals surface area (Å²) in [5.41, 5.74) is 5.49. The van der Waals surface area contributed by atoms with Gasteiger partial charge in [-0.1, -0.05) is 32.1 Å². The van der Waals surface area contributed by atoms with Crippen molar-refractivity contribution in [1.82, 2.24) is 10.2 Å². The van der Waals surface area contributed by atoms with Crippen LogP contribution in [0.1, 0.15) is 39.1 Å². The van der Waals surface area contributed by atoms with Crippen LogP contribution < -0.4 is 11.1 Å². The lowest BCUT2D eigenvalue weighted by Crippen LogP contribution is -2.23. The Morgan fingerprint density at radius 2 is 2.12 bits per heavy atom. The zero-order chi connectivity index (χ0) is 12.3. The van der Waals surface area contributed by atoms with E-state index in [4.69, 9.17) is 5.73 Å². The first kappa shape index (κ1) is 13.1. The van der Waals surface area contributed by atoms with Crippen LogP contribution in [0.5, 0.6) is 0 Å². The predicted octanol–water partition coefficient (Wildman–Crippen LogP) is 1.51. The minimum Gasteiger partial charge on any atom is -0.327 e. The molecule has 1 heterocycles. The Hall–Kier alpha value is -1.01. The van der Waals surface area contributed by atoms with Crippen LogP contribution in [0, 0.1) is 0 Å². The number of amides is 1. The molecule has 0 aliphatic rings. The van der Waals surface area contributed by atoms with Gasteiger partial charge in [-0.2, -0.15) is 0 Å². The Balaban J connectivity index is 2.62. The van der Waals surface area contributed by atoms with Crippen molar-refractivity contribution in [2.24, 2.45) is 5.73 Å². The molecule has 1 amide bonds. The second kappa shape index (κ2) is 4.88. The molecule has 16 heavy (non-hydrogen) atoms. The van der Waals surface area contributed by atoms with E-state index in [0.29, 0.717) is 11.6 Å². The van der Waals surface area contributed by atoms with Crippen molar-refractivity contribution in [2.45, 2.75) is 45.6 Å². The highest BCUT2D eigenvalue weighted by Gasteiger charge is 2.20. The van der Waals surface area contributed by atoms with Gasteiger partial charge < -0.3 is 11.1 Å². The molecule has 5 nitrogen and oxygen atoms in total. The van der Waals surface area contributed by atoms with Gasteiger partial charge in [0.2, 0.25) is 11.0 Å². The van der Waals surface area contributed by atoms with Crippen molar-refractivity contribution in [3.8, 4) is 0 Å². The van der Waals surface area contributed by atoms with Crippen molar-refractivity contribution in [2.75, 3.05) is 5.32 Å². The summed E-state index contributed by atoms with van der Waals surface area (Å²) in [7, 11) is 0. The molecule has 1 atom stereocenters. The highest BCUT2D eigenvalue weighted by molar-refractivity contribution is 7.15. The van der Waals surface area contributed by atoms with E-state index in [0.717, 1.165) is 5.01 Å². The third-order valence-corrected chi connectivity index (χ3v) is 3.08. The Kier molecular flexibility index (Phi) is 3.98. The molecule has 0 spiro atoms. The van der Waals surface area contributed by atoms with Gasteiger partial charge in [-0.15, -0.1) is 10.2 Å². The van der Waals surface area contributed by atoms with Gasteiger partial charge in [-0.05, 0) is 6.92 Å². The van der Waals surface area contributed by atoms with E-state index in [-0.39, 0.29) is 17.4 Å². The summed E-state index contributed by atoms with van der Waals surface area (Å²) in [5.74, 6) is -0.119. The van der Waals surface area contributed by atoms with Gasteiger partial charge in [0, 0.05) is 17.9 Å². The number of carbonyl (C=O) groups is 1. The number of aromatic nitrogens is 2. The third-order valence-electron chi connectivity index (χ3n) is 1.82. The molecule has 1 unspecified atom stereocenters. The molecule has 0 radical (unpaired) electrons. The quantitative estimate of drug-likeness (QED) is 0.842. The first-order valence-electron chi connectivity index (χ1n) is 5.18. The van der Waals surface area contributed by atoms with E-state index in [1.165, 1.54) is 11.3 Å². The lowest BCUT2D eigenvalue weighted by molar-refractivity contribution is -0.116. The van der Waals surface area contributed by atoms with E-state index in [1.54, 1.807) is 6.92 Å². The fraction of sp³-hybridized carbons (Fsp3) is 0.700. The molecule has 1 aromatic rings. The predicted molar refractivity (Wildman–Crippen MR) is 65.5 cm³/mol. The number of nitrogens with two attached hydrogens (primary N) is 1. The molecule has 0 aliphatic heterocycles. The van der Waals surface area contributed by atoms with Gasteiger partial charge >= 0.3 is 0 Å². The SMILES string of the molecule is CC(N)CC(=O)Nc1nnc(C(C)(C)C)s1. The molecular formula is C10H18N4OS. The molecule has 0 saturated heterocycles. The van der Waals surface area contributed by atoms with Crippen LogP contribution >= 0.6 is 11.3 Å². The summed E-state index contributed by atoms with van der Waals surface area (Å²) in [6.07, 6.45) is 0.296. The van der Waals surface area contributed by atoms with Gasteiger partial charge in [0.1, 0.15) is 5.01 Å². The standard InChI is InChI=1S/C10H18N4OS/c1-6(11)5-7(15)12-9-14-13-8(16-9)10(2,3)4/h6H,5,11H2,1-4H3,(H,12,14,15). The molecule has 1 rings (SSSR count). The molecule has 0 aromatic carbocycles. The van der Waals surface area contributed by atoms with Crippen molar-refractivity contribution in [3.05, 3.63) is 5.01 Å². The van der Waals surface area contributed by atoms with Gasteiger partial charge in [0.05, 0.1) is 0 Å². The van der Waals surface area contributed by atoms with Crippen LogP contribution in [-0.4, -0.2) is 22.1 Å². The number of hydrogen-bond acceptors (Lipinski definition) is 5. The summed E-state index contributed by atoms with van der Waals surface area (Å²) >= 11 is 1.40. The monoisotopic (exact) mass is 242 g/mol. The molecule has 0 aliphatic carbocycles. The number of carbonyl (C=O) groups excluding carboxylic acids is 1. The molecule has 1 aromatic heterocycles. The van der Waals surface area contributed by atoms with Crippen LogP contribution in [0.4, 0.5) is 5.13 Å². The summed E-state index contributed by atoms with van der Waals surface area (Å²) < 4.78 is 0. The first-order valence-corrected chi connectivity index (χ1v) is 6.00. The number of nitrogens with zero attached hydrogens (tertiary/aromatic N) is 2. The van der Waals surface area contributed by atoms with Crippen LogP contribution in [0.25, 0.3) is 0 Å². The first-order chi connectivity index (χ1) is 7.29. The Morgan fingerprint density at radius 3 is 2.56 bits per heavy atom. The van der Waals surface area contributed by atoms with E-state index in [9.17, 15) is 4.79 Å². The van der Waals surface area contributed by atoms with Gasteiger partial charge in [0.15, 0.2) is 0 Å². The number of anilines is 1. The summed E-state index contributed by atoms with van der Waals surface area (Å²) in [6.45, 7) is 7.96. The summed E-state index contributed by atoms with van der Waals surface area (Å²) in [5, 5.41) is 12.1. The van der Waals surface area contributed by atoms with Crippen molar-refractivity contribution in [1.29, 1.82) is 0 Å². The lowest BCUT2D eigenvalue weighted by atomic mass is 9.98. The fourth-order valence-corrected chi connectivity index (χ4v) is 1.86. The van der Waals surface area contributed by atoms with Crippen molar-refractivity contribution < 1.29 is 4.79 Å². The second-order valence-corrected chi connectivity index (χ2v) is 5.87. The maximum atomic E-state index is 11.4. The molecule has 90 valence electrons. The topological polar surface area (TPSA) is 80.9 Å². The Morgan fingerprint density at radius 1 is 1.50 bits per heavy atom. The van der Waals surface area contributed by atoms with E-state index in [2.05, 4.69) is 36.3 Å². The largest absolute Gasteiger partial charge is 0.327 e. The van der Waals surface area contributed by atoms with Crippen LogP contribution in [0.3, 0.4) is 0 Å². The molecule has 0 fully saturated rings. The maximum Gasteiger partial charge on any atom is 0.227 e. The number of nitrogens with one attached hydrogen (secondary N) is 1.